The zero-order chi connectivity index (χ0) is 14.4. The number of morpholine rings is 1. The number of carbonyl (C=O) groups is 1. The van der Waals surface area contributed by atoms with E-state index < -0.39 is 0 Å². The number of ether oxygens (including phenoxy) is 1. The van der Waals surface area contributed by atoms with Gasteiger partial charge in [-0.3, -0.25) is 4.79 Å². The third kappa shape index (κ3) is 3.20. The third-order valence-electron chi connectivity index (χ3n) is 3.52. The molecule has 0 unspecified atom stereocenters. The number of hydrogen-bond donors (Lipinski definition) is 1. The predicted molar refractivity (Wildman–Crippen MR) is 79.9 cm³/mol. The lowest BCUT2D eigenvalue weighted by molar-refractivity contribution is -0.138. The summed E-state index contributed by atoms with van der Waals surface area (Å²) in [7, 11) is 0. The van der Waals surface area contributed by atoms with Gasteiger partial charge in [0.05, 0.1) is 5.70 Å². The van der Waals surface area contributed by atoms with Crippen molar-refractivity contribution in [1.82, 2.24) is 10.2 Å². The molecule has 2 fully saturated rings. The van der Waals surface area contributed by atoms with E-state index in [-0.39, 0.29) is 18.6 Å². The van der Waals surface area contributed by atoms with Gasteiger partial charge in [0.1, 0.15) is 5.76 Å². The Morgan fingerprint density at radius 1 is 1.35 bits per heavy atom. The summed E-state index contributed by atoms with van der Waals surface area (Å²) in [6.45, 7) is 7.67. The molecule has 108 valence electrons. The molecule has 0 spiro atoms. The van der Waals surface area contributed by atoms with Crippen LogP contribution < -0.4 is 5.32 Å². The first-order valence-corrected chi connectivity index (χ1v) is 7.09. The maximum Gasteiger partial charge on any atom is 0.265 e. The van der Waals surface area contributed by atoms with E-state index >= 15 is 0 Å². The number of nitrogens with one attached hydrogen (secondary N) is 1. The molecule has 0 bridgehead atoms. The molecule has 0 aromatic rings. The monoisotopic (exact) mass is 274 g/mol. The van der Waals surface area contributed by atoms with Crippen LogP contribution >= 0.6 is 0 Å². The van der Waals surface area contributed by atoms with Crippen molar-refractivity contribution in [2.45, 2.75) is 25.8 Å². The van der Waals surface area contributed by atoms with Gasteiger partial charge in [0.15, 0.2) is 6.61 Å². The molecule has 2 rings (SSSR count). The topological polar surface area (TPSA) is 41.6 Å². The Hall–Kier alpha value is -1.81. The average molecular weight is 274 g/mol. The van der Waals surface area contributed by atoms with E-state index in [0.29, 0.717) is 0 Å². The third-order valence-corrected chi connectivity index (χ3v) is 3.52. The fraction of sp³-hybridized carbons (Fsp3) is 0.438. The largest absolute Gasteiger partial charge is 0.482 e. The van der Waals surface area contributed by atoms with Crippen molar-refractivity contribution in [3.63, 3.8) is 0 Å². The SMILES string of the molecule is C=C/C=C1/OCC(=O)N(C2CCNCC2)/C1=C/C=C\C. The first-order valence-electron chi connectivity index (χ1n) is 7.09. The van der Waals surface area contributed by atoms with Gasteiger partial charge in [-0.2, -0.15) is 0 Å². The van der Waals surface area contributed by atoms with E-state index in [2.05, 4.69) is 11.9 Å². The summed E-state index contributed by atoms with van der Waals surface area (Å²) >= 11 is 0. The van der Waals surface area contributed by atoms with Crippen molar-refractivity contribution in [1.29, 1.82) is 0 Å². The zero-order valence-electron chi connectivity index (χ0n) is 12.0. The molecule has 0 atom stereocenters. The summed E-state index contributed by atoms with van der Waals surface area (Å²) in [5.41, 5.74) is 0.839. The lowest BCUT2D eigenvalue weighted by atomic mass is 10.0. The molecule has 4 heteroatoms. The Bertz CT molecular complexity index is 457. The van der Waals surface area contributed by atoms with Crippen LogP contribution in [0.25, 0.3) is 0 Å². The van der Waals surface area contributed by atoms with Gasteiger partial charge in [-0.05, 0) is 45.0 Å². The molecule has 2 heterocycles. The Morgan fingerprint density at radius 2 is 2.10 bits per heavy atom. The summed E-state index contributed by atoms with van der Waals surface area (Å²) in [4.78, 5) is 14.2. The van der Waals surface area contributed by atoms with Gasteiger partial charge in [0, 0.05) is 6.04 Å². The normalized spacial score (nSPS) is 25.4. The molecule has 0 radical (unpaired) electrons. The quantitative estimate of drug-likeness (QED) is 0.857. The zero-order valence-corrected chi connectivity index (χ0v) is 12.0. The van der Waals surface area contributed by atoms with E-state index in [1.807, 2.05) is 36.1 Å². The smallest absolute Gasteiger partial charge is 0.265 e. The molecule has 0 aliphatic carbocycles. The number of amides is 1. The van der Waals surface area contributed by atoms with E-state index in [1.165, 1.54) is 0 Å². The minimum atomic E-state index is 0.0360. The minimum Gasteiger partial charge on any atom is -0.482 e. The first-order chi connectivity index (χ1) is 9.77. The van der Waals surface area contributed by atoms with E-state index in [4.69, 9.17) is 4.74 Å². The summed E-state index contributed by atoms with van der Waals surface area (Å²) < 4.78 is 5.54. The lowest BCUT2D eigenvalue weighted by Crippen LogP contribution is -2.49. The van der Waals surface area contributed by atoms with Gasteiger partial charge < -0.3 is 15.0 Å². The van der Waals surface area contributed by atoms with Crippen LogP contribution in [0, 0.1) is 0 Å². The fourth-order valence-corrected chi connectivity index (χ4v) is 2.59. The van der Waals surface area contributed by atoms with E-state index in [0.717, 1.165) is 37.4 Å². The van der Waals surface area contributed by atoms with Gasteiger partial charge >= 0.3 is 0 Å². The fourth-order valence-electron chi connectivity index (χ4n) is 2.59. The number of piperidine rings is 1. The Labute approximate surface area is 120 Å². The molecular weight excluding hydrogens is 252 g/mol. The highest BCUT2D eigenvalue weighted by molar-refractivity contribution is 5.82. The second-order valence-corrected chi connectivity index (χ2v) is 4.88. The maximum absolute atomic E-state index is 12.3. The van der Waals surface area contributed by atoms with Crippen molar-refractivity contribution in [3.8, 4) is 0 Å². The lowest BCUT2D eigenvalue weighted by Gasteiger charge is -2.39. The van der Waals surface area contributed by atoms with Gasteiger partial charge in [0.2, 0.25) is 0 Å². The maximum atomic E-state index is 12.3. The number of hydrogen-bond acceptors (Lipinski definition) is 3. The van der Waals surface area contributed by atoms with Gasteiger partial charge in [-0.15, -0.1) is 0 Å². The van der Waals surface area contributed by atoms with Crippen molar-refractivity contribution >= 4 is 5.91 Å². The molecular formula is C16H22N2O2. The van der Waals surface area contributed by atoms with Crippen molar-refractivity contribution in [2.75, 3.05) is 19.7 Å². The predicted octanol–water partition coefficient (Wildman–Crippen LogP) is 2.13. The molecule has 0 saturated carbocycles. The van der Waals surface area contributed by atoms with Gasteiger partial charge in [-0.25, -0.2) is 0 Å². The van der Waals surface area contributed by atoms with Crippen LogP contribution in [0.1, 0.15) is 19.8 Å². The minimum absolute atomic E-state index is 0.0360. The van der Waals surface area contributed by atoms with Crippen LogP contribution in [0.3, 0.4) is 0 Å². The van der Waals surface area contributed by atoms with Crippen LogP contribution in [0.5, 0.6) is 0 Å². The molecule has 20 heavy (non-hydrogen) atoms. The number of rotatable bonds is 3. The highest BCUT2D eigenvalue weighted by atomic mass is 16.5. The van der Waals surface area contributed by atoms with Crippen LogP contribution in [0.2, 0.25) is 0 Å². The molecule has 1 N–H and O–H groups in total. The van der Waals surface area contributed by atoms with Crippen molar-refractivity contribution < 1.29 is 9.53 Å². The average Bonchev–Trinajstić information content (AvgIpc) is 2.48. The highest BCUT2D eigenvalue weighted by Crippen LogP contribution is 2.28. The van der Waals surface area contributed by atoms with E-state index in [9.17, 15) is 4.79 Å². The molecule has 2 saturated heterocycles. The highest BCUT2D eigenvalue weighted by Gasteiger charge is 2.33. The first kappa shape index (κ1) is 14.6. The number of carbonyl (C=O) groups excluding carboxylic acids is 1. The number of nitrogens with zero attached hydrogens (tertiary/aromatic N) is 1. The Balaban J connectivity index is 2.33. The molecule has 1 amide bonds. The Morgan fingerprint density at radius 3 is 2.75 bits per heavy atom. The summed E-state index contributed by atoms with van der Waals surface area (Å²) in [5.74, 6) is 0.755. The second-order valence-electron chi connectivity index (χ2n) is 4.88. The molecule has 2 aliphatic heterocycles. The summed E-state index contributed by atoms with van der Waals surface area (Å²) in [6.07, 6.45) is 11.3. The number of allylic oxidation sites excluding steroid dienone is 5. The summed E-state index contributed by atoms with van der Waals surface area (Å²) in [5, 5.41) is 3.33. The van der Waals surface area contributed by atoms with Crippen LogP contribution in [0.4, 0.5) is 0 Å². The van der Waals surface area contributed by atoms with E-state index in [1.54, 1.807) is 6.08 Å². The van der Waals surface area contributed by atoms with Crippen LogP contribution in [0.15, 0.2) is 48.4 Å². The van der Waals surface area contributed by atoms with Crippen molar-refractivity contribution in [3.05, 3.63) is 48.4 Å². The van der Waals surface area contributed by atoms with Crippen molar-refractivity contribution in [2.24, 2.45) is 0 Å². The molecule has 4 nitrogen and oxygen atoms in total. The van der Waals surface area contributed by atoms with Gasteiger partial charge in [0.25, 0.3) is 5.91 Å². The molecule has 0 aromatic heterocycles. The van der Waals surface area contributed by atoms with Gasteiger partial charge in [-0.1, -0.05) is 24.8 Å². The van der Waals surface area contributed by atoms with Crippen LogP contribution in [-0.2, 0) is 9.53 Å². The molecule has 0 aromatic carbocycles. The Kier molecular flexibility index (Phi) is 5.18. The summed E-state index contributed by atoms with van der Waals surface area (Å²) in [6, 6.07) is 0.248. The standard InChI is InChI=1S/C16H22N2O2/c1-3-5-7-14-15(6-4-2)20-12-16(19)18(14)13-8-10-17-11-9-13/h3-7,13,17H,2,8-12H2,1H3/b5-3-,14-7+,15-6+. The molecule has 2 aliphatic rings. The second kappa shape index (κ2) is 7.10. The van der Waals surface area contributed by atoms with Crippen LogP contribution in [-0.4, -0.2) is 36.5 Å².